The maximum Gasteiger partial charge on any atom is 0.190 e. The van der Waals surface area contributed by atoms with Crippen molar-refractivity contribution in [3.8, 4) is 0 Å². The van der Waals surface area contributed by atoms with Crippen molar-refractivity contribution in [3.05, 3.63) is 47.4 Å². The molecule has 0 fully saturated rings. The van der Waals surface area contributed by atoms with Gasteiger partial charge in [0, 0.05) is 54.6 Å². The van der Waals surface area contributed by atoms with E-state index in [9.17, 15) is 4.39 Å². The molecule has 0 bridgehead atoms. The number of H-pyrrole nitrogens is 1. The molecule has 0 unspecified atom stereocenters. The summed E-state index contributed by atoms with van der Waals surface area (Å²) in [6.07, 6.45) is 5.60. The molecule has 3 aromatic rings. The maximum absolute atomic E-state index is 13.4. The van der Waals surface area contributed by atoms with E-state index in [1.807, 2.05) is 17.8 Å². The lowest BCUT2D eigenvalue weighted by molar-refractivity contribution is 0.629. The monoisotopic (exact) mass is 519 g/mol. The lowest BCUT2D eigenvalue weighted by atomic mass is 10.1. The zero-order valence-corrected chi connectivity index (χ0v) is 19.0. The lowest BCUT2D eigenvalue weighted by Gasteiger charge is -2.11. The summed E-state index contributed by atoms with van der Waals surface area (Å²) < 4.78 is 14.5. The van der Waals surface area contributed by atoms with E-state index in [0.29, 0.717) is 0 Å². The van der Waals surface area contributed by atoms with Gasteiger partial charge < -0.3 is 15.6 Å². The van der Waals surface area contributed by atoms with Crippen molar-refractivity contribution in [2.75, 3.05) is 25.9 Å². The molecule has 0 aliphatic carbocycles. The highest BCUT2D eigenvalue weighted by Crippen LogP contribution is 2.20. The predicted molar refractivity (Wildman–Crippen MR) is 124 cm³/mol. The van der Waals surface area contributed by atoms with Gasteiger partial charge in [0.25, 0.3) is 0 Å². The number of rotatable bonds is 8. The Morgan fingerprint density at radius 1 is 1.33 bits per heavy atom. The first-order chi connectivity index (χ1) is 12.8. The standard InChI is InChI=1S/C18H22FN5S2.HI/c1-20-17(21-6-2-9-25-18-23-8-10-26-18)22-7-5-13-12-24-16-4-3-14(19)11-15(13)16;/h3-4,8,10-12,24H,2,5-7,9H2,1H3,(H2,20,21,22);1H. The van der Waals surface area contributed by atoms with Crippen LogP contribution >= 0.6 is 47.1 Å². The number of thiazole rings is 1. The number of aliphatic imine (C=N–C) groups is 1. The van der Waals surface area contributed by atoms with Gasteiger partial charge in [-0.25, -0.2) is 9.37 Å². The third kappa shape index (κ3) is 6.65. The molecular weight excluding hydrogens is 496 g/mol. The minimum absolute atomic E-state index is 0. The molecule has 2 heterocycles. The van der Waals surface area contributed by atoms with Gasteiger partial charge in [0.1, 0.15) is 10.2 Å². The lowest BCUT2D eigenvalue weighted by Crippen LogP contribution is -2.38. The Hall–Kier alpha value is -1.33. The number of benzene rings is 1. The second-order valence-corrected chi connectivity index (χ2v) is 7.92. The van der Waals surface area contributed by atoms with Crippen LogP contribution in [-0.4, -0.2) is 41.8 Å². The molecule has 0 amide bonds. The smallest absolute Gasteiger partial charge is 0.190 e. The molecule has 0 saturated heterocycles. The Kier molecular flexibility index (Phi) is 9.35. The summed E-state index contributed by atoms with van der Waals surface area (Å²) in [6.45, 7) is 1.59. The first-order valence-electron chi connectivity index (χ1n) is 8.48. The number of nitrogens with zero attached hydrogens (tertiary/aromatic N) is 2. The summed E-state index contributed by atoms with van der Waals surface area (Å²) in [5.41, 5.74) is 2.06. The highest BCUT2D eigenvalue weighted by Gasteiger charge is 2.05. The molecule has 0 aliphatic heterocycles. The van der Waals surface area contributed by atoms with E-state index in [2.05, 4.69) is 25.6 Å². The Balaban J connectivity index is 0.00000261. The summed E-state index contributed by atoms with van der Waals surface area (Å²) in [5, 5.41) is 9.56. The molecule has 146 valence electrons. The predicted octanol–water partition coefficient (Wildman–Crippen LogP) is 4.27. The number of halogens is 2. The van der Waals surface area contributed by atoms with Crippen LogP contribution in [0.1, 0.15) is 12.0 Å². The van der Waals surface area contributed by atoms with Crippen molar-refractivity contribution in [1.29, 1.82) is 0 Å². The van der Waals surface area contributed by atoms with E-state index in [1.54, 1.807) is 42.3 Å². The van der Waals surface area contributed by atoms with Gasteiger partial charge in [-0.05, 0) is 36.6 Å². The van der Waals surface area contributed by atoms with Crippen molar-refractivity contribution in [1.82, 2.24) is 20.6 Å². The fourth-order valence-electron chi connectivity index (χ4n) is 2.61. The third-order valence-corrected chi connectivity index (χ3v) is 5.94. The molecule has 3 N–H and O–H groups in total. The fourth-order valence-corrected chi connectivity index (χ4v) is 4.26. The van der Waals surface area contributed by atoms with Crippen LogP contribution in [-0.2, 0) is 6.42 Å². The zero-order valence-electron chi connectivity index (χ0n) is 15.0. The molecule has 0 radical (unpaired) electrons. The molecule has 0 spiro atoms. The highest BCUT2D eigenvalue weighted by molar-refractivity contribution is 14.0. The summed E-state index contributed by atoms with van der Waals surface area (Å²) in [6, 6.07) is 4.82. The van der Waals surface area contributed by atoms with Gasteiger partial charge in [0.15, 0.2) is 5.96 Å². The molecule has 0 atom stereocenters. The van der Waals surface area contributed by atoms with Gasteiger partial charge in [-0.15, -0.1) is 35.3 Å². The highest BCUT2D eigenvalue weighted by atomic mass is 127. The SMILES string of the molecule is CN=C(NCCCSc1nccs1)NCCc1c[nH]c2ccc(F)cc12.I. The number of nitrogens with one attached hydrogen (secondary N) is 3. The molecule has 27 heavy (non-hydrogen) atoms. The second kappa shape index (κ2) is 11.5. The number of hydrogen-bond donors (Lipinski definition) is 3. The second-order valence-electron chi connectivity index (χ2n) is 5.68. The fraction of sp³-hybridized carbons (Fsp3) is 0.333. The van der Waals surface area contributed by atoms with Crippen molar-refractivity contribution in [3.63, 3.8) is 0 Å². The van der Waals surface area contributed by atoms with Crippen LogP contribution in [0.4, 0.5) is 4.39 Å². The summed E-state index contributed by atoms with van der Waals surface area (Å²) in [5.74, 6) is 1.60. The number of aromatic amines is 1. The molecular formula is C18H23FIN5S2. The molecule has 3 rings (SSSR count). The van der Waals surface area contributed by atoms with Crippen molar-refractivity contribution < 1.29 is 4.39 Å². The quantitative estimate of drug-likeness (QED) is 0.137. The zero-order chi connectivity index (χ0) is 18.2. The Labute approximate surface area is 183 Å². The van der Waals surface area contributed by atoms with E-state index in [-0.39, 0.29) is 29.8 Å². The topological polar surface area (TPSA) is 65.1 Å². The minimum Gasteiger partial charge on any atom is -0.361 e. The number of fused-ring (bicyclic) bond motifs is 1. The van der Waals surface area contributed by atoms with E-state index >= 15 is 0 Å². The van der Waals surface area contributed by atoms with Gasteiger partial charge in [-0.3, -0.25) is 4.99 Å². The van der Waals surface area contributed by atoms with Crippen LogP contribution in [0.25, 0.3) is 10.9 Å². The summed E-state index contributed by atoms with van der Waals surface area (Å²) in [4.78, 5) is 11.7. The van der Waals surface area contributed by atoms with Gasteiger partial charge in [-0.2, -0.15) is 0 Å². The number of hydrogen-bond acceptors (Lipinski definition) is 4. The first-order valence-corrected chi connectivity index (χ1v) is 10.3. The number of aromatic nitrogens is 2. The van der Waals surface area contributed by atoms with Crippen LogP contribution in [0.2, 0.25) is 0 Å². The van der Waals surface area contributed by atoms with E-state index in [0.717, 1.165) is 58.4 Å². The summed E-state index contributed by atoms with van der Waals surface area (Å²) >= 11 is 3.45. The Bertz CT molecular complexity index is 851. The van der Waals surface area contributed by atoms with E-state index < -0.39 is 0 Å². The third-order valence-electron chi connectivity index (χ3n) is 3.89. The normalized spacial score (nSPS) is 11.4. The Morgan fingerprint density at radius 3 is 2.96 bits per heavy atom. The molecule has 0 aliphatic rings. The largest absolute Gasteiger partial charge is 0.361 e. The van der Waals surface area contributed by atoms with Crippen LogP contribution in [0.5, 0.6) is 0 Å². The molecule has 0 saturated carbocycles. The maximum atomic E-state index is 13.4. The van der Waals surface area contributed by atoms with Gasteiger partial charge in [-0.1, -0.05) is 11.8 Å². The van der Waals surface area contributed by atoms with Crippen molar-refractivity contribution in [2.45, 2.75) is 17.2 Å². The van der Waals surface area contributed by atoms with Gasteiger partial charge in [0.05, 0.1) is 0 Å². The first kappa shape index (κ1) is 22.0. The van der Waals surface area contributed by atoms with E-state index in [1.165, 1.54) is 6.07 Å². The van der Waals surface area contributed by atoms with Crippen molar-refractivity contribution >= 4 is 63.9 Å². The van der Waals surface area contributed by atoms with Gasteiger partial charge in [0.2, 0.25) is 0 Å². The van der Waals surface area contributed by atoms with Crippen LogP contribution in [0.15, 0.2) is 45.3 Å². The molecule has 5 nitrogen and oxygen atoms in total. The summed E-state index contributed by atoms with van der Waals surface area (Å²) in [7, 11) is 1.76. The Morgan fingerprint density at radius 2 is 2.19 bits per heavy atom. The average Bonchev–Trinajstić information content (AvgIpc) is 3.30. The van der Waals surface area contributed by atoms with Crippen molar-refractivity contribution in [2.24, 2.45) is 4.99 Å². The molecule has 2 aromatic heterocycles. The van der Waals surface area contributed by atoms with Crippen LogP contribution in [0, 0.1) is 5.82 Å². The van der Waals surface area contributed by atoms with Crippen LogP contribution < -0.4 is 10.6 Å². The van der Waals surface area contributed by atoms with Gasteiger partial charge >= 0.3 is 0 Å². The molecule has 9 heteroatoms. The van der Waals surface area contributed by atoms with Crippen LogP contribution in [0.3, 0.4) is 0 Å². The average molecular weight is 519 g/mol. The number of guanidine groups is 1. The van der Waals surface area contributed by atoms with E-state index in [4.69, 9.17) is 0 Å². The number of thioether (sulfide) groups is 1. The minimum atomic E-state index is -0.209. The molecule has 1 aromatic carbocycles.